The van der Waals surface area contributed by atoms with Gasteiger partial charge in [0.1, 0.15) is 5.69 Å². The van der Waals surface area contributed by atoms with Crippen LogP contribution in [0.15, 0.2) is 48.6 Å². The molecule has 1 aromatic heterocycles. The number of hydrogen-bond donors (Lipinski definition) is 1. The molecule has 3 heteroatoms. The molecule has 0 bridgehead atoms. The van der Waals surface area contributed by atoms with Crippen LogP contribution < -0.4 is 5.32 Å². The fourth-order valence-electron chi connectivity index (χ4n) is 1.70. The maximum Gasteiger partial charge on any atom is 0.269 e. The Kier molecular flexibility index (Phi) is 5.73. The van der Waals surface area contributed by atoms with Gasteiger partial charge in [-0.25, -0.2) is 4.98 Å². The van der Waals surface area contributed by atoms with Gasteiger partial charge in [0, 0.05) is 19.2 Å². The molecule has 0 saturated heterocycles. The molecule has 0 fully saturated rings. The topological polar surface area (TPSA) is 42.0 Å². The molecule has 0 aromatic carbocycles. The highest BCUT2D eigenvalue weighted by Gasteiger charge is 2.08. The summed E-state index contributed by atoms with van der Waals surface area (Å²) in [6, 6.07) is 3.77. The highest BCUT2D eigenvalue weighted by atomic mass is 16.1. The Hall–Kier alpha value is -2.16. The van der Waals surface area contributed by atoms with Crippen LogP contribution in [-0.2, 0) is 6.42 Å². The second kappa shape index (κ2) is 7.31. The van der Waals surface area contributed by atoms with Gasteiger partial charge in [-0.05, 0) is 37.1 Å². The lowest BCUT2D eigenvalue weighted by molar-refractivity contribution is 0.0958. The van der Waals surface area contributed by atoms with Crippen LogP contribution in [0.3, 0.4) is 0 Å². The summed E-state index contributed by atoms with van der Waals surface area (Å²) in [5.74, 6) is -0.164. The summed E-state index contributed by atoms with van der Waals surface area (Å²) < 4.78 is 0. The van der Waals surface area contributed by atoms with Crippen molar-refractivity contribution in [2.75, 3.05) is 7.05 Å². The Bertz CT molecular complexity index is 528. The van der Waals surface area contributed by atoms with Crippen molar-refractivity contribution in [2.45, 2.75) is 20.3 Å². The second-order valence-electron chi connectivity index (χ2n) is 4.25. The van der Waals surface area contributed by atoms with Crippen LogP contribution >= 0.6 is 0 Å². The Labute approximate surface area is 114 Å². The molecule has 0 saturated carbocycles. The van der Waals surface area contributed by atoms with Crippen molar-refractivity contribution in [3.05, 3.63) is 65.5 Å². The van der Waals surface area contributed by atoms with E-state index in [2.05, 4.69) is 16.9 Å². The number of allylic oxidation sites excluding steroid dienone is 5. The summed E-state index contributed by atoms with van der Waals surface area (Å²) in [4.78, 5) is 16.0. The van der Waals surface area contributed by atoms with Crippen molar-refractivity contribution >= 4 is 5.91 Å². The summed E-state index contributed by atoms with van der Waals surface area (Å²) in [6.07, 6.45) is 8.40. The molecule has 100 valence electrons. The number of nitrogens with one attached hydrogen (secondary N) is 1. The van der Waals surface area contributed by atoms with E-state index < -0.39 is 0 Å². The van der Waals surface area contributed by atoms with E-state index in [1.54, 1.807) is 13.1 Å². The van der Waals surface area contributed by atoms with Crippen LogP contribution in [0.1, 0.15) is 28.7 Å². The van der Waals surface area contributed by atoms with E-state index in [1.165, 1.54) is 0 Å². The van der Waals surface area contributed by atoms with Crippen molar-refractivity contribution in [2.24, 2.45) is 0 Å². The Morgan fingerprint density at radius 1 is 1.47 bits per heavy atom. The number of aryl methyl sites for hydroxylation is 1. The molecule has 19 heavy (non-hydrogen) atoms. The second-order valence-corrected chi connectivity index (χ2v) is 4.25. The predicted octanol–water partition coefficient (Wildman–Crippen LogP) is 2.98. The molecule has 1 amide bonds. The number of nitrogens with zero attached hydrogens (tertiary/aromatic N) is 1. The Morgan fingerprint density at radius 3 is 2.79 bits per heavy atom. The third kappa shape index (κ3) is 4.54. The summed E-state index contributed by atoms with van der Waals surface area (Å²) >= 11 is 0. The van der Waals surface area contributed by atoms with Gasteiger partial charge >= 0.3 is 0 Å². The van der Waals surface area contributed by atoms with Crippen molar-refractivity contribution in [3.63, 3.8) is 0 Å². The lowest BCUT2D eigenvalue weighted by Gasteiger charge is -2.06. The van der Waals surface area contributed by atoms with Gasteiger partial charge in [-0.1, -0.05) is 30.9 Å². The van der Waals surface area contributed by atoms with E-state index in [0.717, 1.165) is 16.8 Å². The molecule has 0 spiro atoms. The molecule has 1 aromatic rings. The fraction of sp³-hybridized carbons (Fsp3) is 0.250. The molecule has 1 rings (SSSR count). The fourth-order valence-corrected chi connectivity index (χ4v) is 1.70. The molecule has 1 N–H and O–H groups in total. The first-order chi connectivity index (χ1) is 9.10. The number of pyridine rings is 1. The van der Waals surface area contributed by atoms with E-state index in [4.69, 9.17) is 0 Å². The van der Waals surface area contributed by atoms with Crippen molar-refractivity contribution < 1.29 is 4.79 Å². The third-order valence-electron chi connectivity index (χ3n) is 2.63. The van der Waals surface area contributed by atoms with Crippen LogP contribution in [0.4, 0.5) is 0 Å². The highest BCUT2D eigenvalue weighted by Crippen LogP contribution is 2.11. The molecule has 0 aliphatic heterocycles. The standard InChI is InChI=1S/C16H20N2O/c1-5-7-8-13(6-2)11-14-9-12(3)10-15(18-14)16(19)17-4/h5-10H,2,11H2,1,3-4H3,(H,17,19)/b7-5-,13-8+. The molecule has 3 nitrogen and oxygen atoms in total. The summed E-state index contributed by atoms with van der Waals surface area (Å²) in [5, 5.41) is 2.59. The van der Waals surface area contributed by atoms with Crippen LogP contribution in [0.25, 0.3) is 0 Å². The normalized spacial score (nSPS) is 11.6. The molecule has 0 unspecified atom stereocenters. The van der Waals surface area contributed by atoms with Gasteiger partial charge in [0.15, 0.2) is 0 Å². The average Bonchev–Trinajstić information content (AvgIpc) is 2.41. The number of aromatic nitrogens is 1. The molecule has 0 radical (unpaired) electrons. The molecule has 0 aliphatic carbocycles. The first-order valence-electron chi connectivity index (χ1n) is 6.24. The first-order valence-corrected chi connectivity index (χ1v) is 6.24. The van der Waals surface area contributed by atoms with Crippen LogP contribution in [-0.4, -0.2) is 17.9 Å². The number of carbonyl (C=O) groups excluding carboxylic acids is 1. The number of hydrogen-bond acceptors (Lipinski definition) is 2. The van der Waals surface area contributed by atoms with Crippen molar-refractivity contribution in [3.8, 4) is 0 Å². The molecule has 1 heterocycles. The van der Waals surface area contributed by atoms with Gasteiger partial charge < -0.3 is 5.32 Å². The van der Waals surface area contributed by atoms with E-state index in [0.29, 0.717) is 12.1 Å². The molecular formula is C16H20N2O. The number of amides is 1. The first kappa shape index (κ1) is 14.9. The zero-order valence-electron chi connectivity index (χ0n) is 11.7. The van der Waals surface area contributed by atoms with Crippen molar-refractivity contribution in [1.29, 1.82) is 0 Å². The molecule has 0 atom stereocenters. The van der Waals surface area contributed by atoms with E-state index in [1.807, 2.05) is 44.2 Å². The van der Waals surface area contributed by atoms with Crippen molar-refractivity contribution in [1.82, 2.24) is 10.3 Å². The number of rotatable bonds is 5. The summed E-state index contributed by atoms with van der Waals surface area (Å²) in [7, 11) is 1.60. The quantitative estimate of drug-likeness (QED) is 0.823. The maximum absolute atomic E-state index is 11.6. The smallest absolute Gasteiger partial charge is 0.269 e. The number of carbonyl (C=O) groups is 1. The van der Waals surface area contributed by atoms with Crippen LogP contribution in [0, 0.1) is 6.92 Å². The predicted molar refractivity (Wildman–Crippen MR) is 79.2 cm³/mol. The van der Waals surface area contributed by atoms with Gasteiger partial charge in [-0.3, -0.25) is 4.79 Å². The average molecular weight is 256 g/mol. The van der Waals surface area contributed by atoms with E-state index in [9.17, 15) is 4.79 Å². The maximum atomic E-state index is 11.6. The zero-order valence-corrected chi connectivity index (χ0v) is 11.7. The van der Waals surface area contributed by atoms with Crippen LogP contribution in [0.5, 0.6) is 0 Å². The molecule has 0 aliphatic rings. The monoisotopic (exact) mass is 256 g/mol. The summed E-state index contributed by atoms with van der Waals surface area (Å²) in [5.41, 5.74) is 3.42. The minimum absolute atomic E-state index is 0.164. The Balaban J connectivity index is 3.04. The van der Waals surface area contributed by atoms with Gasteiger partial charge in [0.2, 0.25) is 0 Å². The van der Waals surface area contributed by atoms with Crippen LogP contribution in [0.2, 0.25) is 0 Å². The zero-order chi connectivity index (χ0) is 14.3. The SMILES string of the molecule is C=C/C(=C\C=C/C)Cc1cc(C)cc(C(=O)NC)n1. The van der Waals surface area contributed by atoms with Gasteiger partial charge in [-0.2, -0.15) is 0 Å². The highest BCUT2D eigenvalue weighted by molar-refractivity contribution is 5.92. The van der Waals surface area contributed by atoms with Gasteiger partial charge in [-0.15, -0.1) is 0 Å². The molecular weight excluding hydrogens is 236 g/mol. The largest absolute Gasteiger partial charge is 0.354 e. The van der Waals surface area contributed by atoms with E-state index >= 15 is 0 Å². The van der Waals surface area contributed by atoms with E-state index in [-0.39, 0.29) is 5.91 Å². The minimum atomic E-state index is -0.164. The minimum Gasteiger partial charge on any atom is -0.354 e. The Morgan fingerprint density at radius 2 is 2.21 bits per heavy atom. The third-order valence-corrected chi connectivity index (χ3v) is 2.63. The van der Waals surface area contributed by atoms with Gasteiger partial charge in [0.05, 0.1) is 0 Å². The lowest BCUT2D eigenvalue weighted by atomic mass is 10.1. The van der Waals surface area contributed by atoms with Gasteiger partial charge in [0.25, 0.3) is 5.91 Å². The lowest BCUT2D eigenvalue weighted by Crippen LogP contribution is -2.20. The summed E-state index contributed by atoms with van der Waals surface area (Å²) in [6.45, 7) is 7.72.